The molecule has 13 nitrogen and oxygen atoms in total. The van der Waals surface area contributed by atoms with Crippen LogP contribution in [0.2, 0.25) is 0 Å². The molecule has 0 spiro atoms. The van der Waals surface area contributed by atoms with Crippen LogP contribution < -0.4 is 5.32 Å². The number of rotatable bonds is 11. The van der Waals surface area contributed by atoms with E-state index in [2.05, 4.69) is 40.7 Å². The average Bonchev–Trinajstić information content (AvgIpc) is 3.91. The maximum absolute atomic E-state index is 14.1. The maximum Gasteiger partial charge on any atom is 0.410 e. The summed E-state index contributed by atoms with van der Waals surface area (Å²) in [7, 11) is 1.77. The number of hydrogen-bond donors (Lipinski definition) is 2. The number of pyridine rings is 1. The number of nitrogens with zero attached hydrogens (tertiary/aromatic N) is 5. The van der Waals surface area contributed by atoms with Crippen LogP contribution in [0.1, 0.15) is 120 Å². The molecule has 10 rings (SSSR count). The lowest BCUT2D eigenvalue weighted by Crippen LogP contribution is -2.64. The highest BCUT2D eigenvalue weighted by molar-refractivity contribution is 7.22. The zero-order valence-corrected chi connectivity index (χ0v) is 40.1. The van der Waals surface area contributed by atoms with Gasteiger partial charge >= 0.3 is 12.1 Å². The van der Waals surface area contributed by atoms with Crippen molar-refractivity contribution in [3.63, 3.8) is 0 Å². The number of para-hydroxylation sites is 2. The fraction of sp³-hybridized carbons (Fsp3) is 0.490. The zero-order valence-electron chi connectivity index (χ0n) is 39.3. The Hall–Kier alpha value is -5.60. The van der Waals surface area contributed by atoms with Crippen LogP contribution in [0.15, 0.2) is 66.9 Å². The minimum atomic E-state index is -0.758. The molecule has 0 saturated heterocycles. The van der Waals surface area contributed by atoms with Crippen LogP contribution in [-0.4, -0.2) is 84.6 Å². The van der Waals surface area contributed by atoms with Gasteiger partial charge in [-0.1, -0.05) is 49.4 Å². The van der Waals surface area contributed by atoms with Gasteiger partial charge in [-0.25, -0.2) is 19.6 Å². The number of carbonyl (C=O) groups excluding carboxylic acids is 3. The van der Waals surface area contributed by atoms with Gasteiger partial charge in [-0.3, -0.25) is 14.8 Å². The van der Waals surface area contributed by atoms with Gasteiger partial charge in [0.15, 0.2) is 10.8 Å². The lowest BCUT2D eigenvalue weighted by atomic mass is 9.39. The van der Waals surface area contributed by atoms with E-state index < -0.39 is 17.2 Å². The Bertz CT molecular complexity index is 2790. The van der Waals surface area contributed by atoms with Gasteiger partial charge in [0, 0.05) is 42.3 Å². The zero-order chi connectivity index (χ0) is 46.3. The molecule has 0 aliphatic heterocycles. The molecule has 0 radical (unpaired) electrons. The van der Waals surface area contributed by atoms with Gasteiger partial charge in [0.1, 0.15) is 11.2 Å². The van der Waals surface area contributed by atoms with Crippen LogP contribution in [-0.2, 0) is 20.8 Å². The topological polar surface area (TPSA) is 154 Å². The van der Waals surface area contributed by atoms with E-state index >= 15 is 0 Å². The molecule has 4 heterocycles. The summed E-state index contributed by atoms with van der Waals surface area (Å²) in [5.41, 5.74) is 4.30. The Labute approximate surface area is 384 Å². The van der Waals surface area contributed by atoms with Gasteiger partial charge in [-0.05, 0) is 140 Å². The van der Waals surface area contributed by atoms with E-state index in [1.165, 1.54) is 17.8 Å². The predicted molar refractivity (Wildman–Crippen MR) is 254 cm³/mol. The molecule has 4 aliphatic rings. The number of aromatic nitrogens is 5. The number of esters is 1. The molecule has 2 unspecified atom stereocenters. The van der Waals surface area contributed by atoms with E-state index in [-0.39, 0.29) is 39.5 Å². The number of hydrogen-bond acceptors (Lipinski definition) is 10. The van der Waals surface area contributed by atoms with Gasteiger partial charge in [0.05, 0.1) is 51.1 Å². The first-order valence-corrected chi connectivity index (χ1v) is 23.5. The molecule has 2 amide bonds. The minimum absolute atomic E-state index is 0.0424. The molecule has 4 saturated carbocycles. The molecule has 4 fully saturated rings. The van der Waals surface area contributed by atoms with Crippen LogP contribution in [0.3, 0.4) is 0 Å². The summed E-state index contributed by atoms with van der Waals surface area (Å²) in [6.07, 6.45) is 7.77. The second-order valence-electron chi connectivity index (χ2n) is 21.9. The molecular weight excluding hydrogens is 839 g/mol. The number of amides is 2. The maximum atomic E-state index is 14.1. The van der Waals surface area contributed by atoms with Crippen LogP contribution in [0.5, 0.6) is 0 Å². The fourth-order valence-electron chi connectivity index (χ4n) is 12.1. The quantitative estimate of drug-likeness (QED) is 0.121. The summed E-state index contributed by atoms with van der Waals surface area (Å²) in [4.78, 5) is 55.1. The highest BCUT2D eigenvalue weighted by atomic mass is 32.1. The lowest BCUT2D eigenvalue weighted by molar-refractivity contribution is -0.248. The molecule has 6 aromatic rings. The number of fused-ring (bicyclic) bond motifs is 2. The number of benzene rings is 2. The van der Waals surface area contributed by atoms with Crippen molar-refractivity contribution >= 4 is 55.6 Å². The van der Waals surface area contributed by atoms with Crippen molar-refractivity contribution in [1.82, 2.24) is 29.6 Å². The van der Waals surface area contributed by atoms with E-state index in [0.29, 0.717) is 46.3 Å². The van der Waals surface area contributed by atoms with E-state index in [1.807, 2.05) is 102 Å². The summed E-state index contributed by atoms with van der Waals surface area (Å²) >= 11 is 1.42. The highest BCUT2D eigenvalue weighted by Gasteiger charge is 2.66. The molecule has 4 aliphatic carbocycles. The Balaban J connectivity index is 0.988. The Morgan fingerprint density at radius 1 is 0.862 bits per heavy atom. The number of anilines is 1. The minimum Gasteiger partial charge on any atom is -0.455 e. The van der Waals surface area contributed by atoms with Crippen LogP contribution in [0.25, 0.3) is 43.6 Å². The highest BCUT2D eigenvalue weighted by Crippen LogP contribution is 2.72. The monoisotopic (exact) mass is 899 g/mol. The third kappa shape index (κ3) is 9.03. The van der Waals surface area contributed by atoms with Gasteiger partial charge in [-0.15, -0.1) is 0 Å². The second kappa shape index (κ2) is 15.8. The van der Waals surface area contributed by atoms with Crippen LogP contribution in [0, 0.1) is 23.2 Å². The molecule has 2 aromatic carbocycles. The molecule has 65 heavy (non-hydrogen) atoms. The van der Waals surface area contributed by atoms with Gasteiger partial charge in [0.2, 0.25) is 0 Å². The van der Waals surface area contributed by atoms with Crippen LogP contribution in [0.4, 0.5) is 9.93 Å². The third-order valence-corrected chi connectivity index (χ3v) is 14.2. The van der Waals surface area contributed by atoms with E-state index in [1.54, 1.807) is 18.0 Å². The van der Waals surface area contributed by atoms with Crippen molar-refractivity contribution in [2.45, 2.75) is 124 Å². The summed E-state index contributed by atoms with van der Waals surface area (Å²) in [5.74, 6) is -0.817. The summed E-state index contributed by atoms with van der Waals surface area (Å²) in [6.45, 7) is 19.7. The number of H-pyrrole nitrogens is 1. The fourth-order valence-corrected chi connectivity index (χ4v) is 12.9. The standard InChI is InChI=1S/C51H61N7O6S/c1-31-35(23-52-58(31)30-50-25-48(8)24-49(9,26-50)28-51(27-48,29-50)62-21-20-57(10)45(61)64-47(5,6)7)33-18-19-36(53-41(33)43(60)63-46(2,3)4)38-22-32-14-13-15-34(40(32)54-38)42(59)56-44-55-37-16-11-12-17-39(37)65-44/h11-19,22-23,54H,20-21,24-30H2,1-10H3,(H,55,56,59). The van der Waals surface area contributed by atoms with Crippen molar-refractivity contribution in [2.24, 2.45) is 16.2 Å². The van der Waals surface area contributed by atoms with Crippen molar-refractivity contribution in [3.8, 4) is 22.5 Å². The van der Waals surface area contributed by atoms with E-state index in [4.69, 9.17) is 24.3 Å². The smallest absolute Gasteiger partial charge is 0.410 e. The number of thiazole rings is 1. The lowest BCUT2D eigenvalue weighted by Gasteiger charge is -2.69. The second-order valence-corrected chi connectivity index (χ2v) is 22.9. The Morgan fingerprint density at radius 3 is 2.29 bits per heavy atom. The van der Waals surface area contributed by atoms with Crippen molar-refractivity contribution in [2.75, 3.05) is 25.5 Å². The van der Waals surface area contributed by atoms with Crippen molar-refractivity contribution < 1.29 is 28.6 Å². The first kappa shape index (κ1) is 44.6. The largest absolute Gasteiger partial charge is 0.455 e. The van der Waals surface area contributed by atoms with Gasteiger partial charge in [-0.2, -0.15) is 5.10 Å². The van der Waals surface area contributed by atoms with Crippen molar-refractivity contribution in [3.05, 3.63) is 83.8 Å². The number of aromatic amines is 1. The summed E-state index contributed by atoms with van der Waals surface area (Å²) < 4.78 is 21.6. The average molecular weight is 900 g/mol. The molecular formula is C51H61N7O6S. The Morgan fingerprint density at radius 2 is 1.58 bits per heavy atom. The van der Waals surface area contributed by atoms with E-state index in [0.717, 1.165) is 65.5 Å². The van der Waals surface area contributed by atoms with Gasteiger partial charge in [0.25, 0.3) is 5.91 Å². The third-order valence-electron chi connectivity index (χ3n) is 13.2. The first-order chi connectivity index (χ1) is 30.5. The Kier molecular flexibility index (Phi) is 10.8. The molecule has 2 N–H and O–H groups in total. The van der Waals surface area contributed by atoms with Gasteiger partial charge < -0.3 is 24.1 Å². The normalized spacial score (nSPS) is 23.8. The summed E-state index contributed by atoms with van der Waals surface area (Å²) in [5, 5.41) is 9.34. The molecule has 4 bridgehead atoms. The predicted octanol–water partition coefficient (Wildman–Crippen LogP) is 11.2. The van der Waals surface area contributed by atoms with Crippen molar-refractivity contribution in [1.29, 1.82) is 0 Å². The molecule has 342 valence electrons. The SMILES string of the molecule is Cc1c(-c2ccc(-c3cc4cccc(C(=O)Nc5nc6ccccc6s5)c4[nH]3)nc2C(=O)OC(C)(C)C)cnn1CC12CC3(C)CC(C)(C1)CC(OCCN(C)C(=O)OC(C)(C)C)(C3)C2. The number of carbonyl (C=O) groups is 3. The first-order valence-electron chi connectivity index (χ1n) is 22.7. The summed E-state index contributed by atoms with van der Waals surface area (Å²) in [6, 6.07) is 19.1. The van der Waals surface area contributed by atoms with E-state index in [9.17, 15) is 14.4 Å². The molecule has 4 aromatic heterocycles. The molecule has 14 heteroatoms. The number of ether oxygens (including phenoxy) is 3. The number of nitrogens with one attached hydrogen (secondary N) is 2. The number of likely N-dealkylation sites (N-methyl/N-ethyl adjacent to an activating group) is 1. The molecule has 2 atom stereocenters. The van der Waals surface area contributed by atoms with Crippen LogP contribution >= 0.6 is 11.3 Å².